The first kappa shape index (κ1) is 36.4. The third-order valence-electron chi connectivity index (χ3n) is 11.8. The molecule has 0 spiro atoms. The second-order valence-electron chi connectivity index (χ2n) is 15.6. The van der Waals surface area contributed by atoms with Gasteiger partial charge in [-0.2, -0.15) is 9.29 Å². The van der Waals surface area contributed by atoms with E-state index in [1.165, 1.54) is 4.31 Å². The van der Waals surface area contributed by atoms with E-state index in [1.807, 2.05) is 22.8 Å². The number of nitrogens with zero attached hydrogens (tertiary/aromatic N) is 6. The molecule has 3 saturated heterocycles. The van der Waals surface area contributed by atoms with Crippen molar-refractivity contribution in [3.63, 3.8) is 0 Å². The van der Waals surface area contributed by atoms with E-state index < -0.39 is 22.0 Å². The number of hydrogen-bond acceptors (Lipinski definition) is 11. The Balaban J connectivity index is 0.770. The number of piperidine rings is 2. The number of nitrogens with one attached hydrogen (secondary N) is 2. The molecule has 0 radical (unpaired) electrons. The number of ether oxygens (including phenoxy) is 1. The molecule has 292 valence electrons. The van der Waals surface area contributed by atoms with Gasteiger partial charge in [0.1, 0.15) is 23.5 Å². The van der Waals surface area contributed by atoms with Gasteiger partial charge in [0.05, 0.1) is 4.90 Å². The van der Waals surface area contributed by atoms with E-state index in [0.717, 1.165) is 42.2 Å². The van der Waals surface area contributed by atoms with Crippen molar-refractivity contribution in [1.82, 2.24) is 34.0 Å². The lowest BCUT2D eigenvalue weighted by molar-refractivity contribution is -0.136. The van der Waals surface area contributed by atoms with Crippen LogP contribution in [0.3, 0.4) is 0 Å². The summed E-state index contributed by atoms with van der Waals surface area (Å²) >= 11 is 0. The third kappa shape index (κ3) is 7.05. The maximum absolute atomic E-state index is 13.7. The standard InChI is InChI=1S/C40H44N8O7S/c49-35-12-11-34(38(51)43-35)47-22-27-18-25(8-10-33(27)39(47)52)21-45-23-31(24-45)55-30-6-3-7-32(19-30)56(53,54)46-16-14-28(15-17-46)42-40-41-20-26-9-13-36(50)48(37(26)44-40)29-4-1-2-5-29/h3,6-10,13,18-20,28-29,31,34H,1-2,4-5,11-12,14-17,21-24H2,(H,41,42,44)(H,43,49,51). The number of benzene rings is 2. The Hall–Kier alpha value is -5.19. The molecule has 4 fully saturated rings. The van der Waals surface area contributed by atoms with Crippen molar-refractivity contribution in [1.29, 1.82) is 0 Å². The summed E-state index contributed by atoms with van der Waals surface area (Å²) in [5.74, 6) is 0.0213. The van der Waals surface area contributed by atoms with Crippen molar-refractivity contribution < 1.29 is 27.5 Å². The molecule has 3 amide bonds. The fourth-order valence-electron chi connectivity index (χ4n) is 8.81. The number of sulfonamides is 1. The van der Waals surface area contributed by atoms with Crippen LogP contribution in [-0.4, -0.2) is 99.1 Å². The molecule has 15 nitrogen and oxygen atoms in total. The molecule has 1 aliphatic carbocycles. The van der Waals surface area contributed by atoms with Gasteiger partial charge in [-0.1, -0.05) is 31.0 Å². The molecule has 5 aliphatic rings. The largest absolute Gasteiger partial charge is 0.488 e. The number of hydrogen-bond donors (Lipinski definition) is 2. The summed E-state index contributed by atoms with van der Waals surface area (Å²) in [6.45, 7) is 3.00. The highest BCUT2D eigenvalue weighted by Crippen LogP contribution is 2.32. The van der Waals surface area contributed by atoms with Gasteiger partial charge in [0.2, 0.25) is 27.8 Å². The van der Waals surface area contributed by atoms with Crippen molar-refractivity contribution in [2.45, 2.75) is 93.6 Å². The topological polar surface area (TPSA) is 176 Å². The van der Waals surface area contributed by atoms with E-state index >= 15 is 0 Å². The summed E-state index contributed by atoms with van der Waals surface area (Å²) in [5.41, 5.74) is 3.09. The minimum absolute atomic E-state index is 0.0164. The zero-order chi connectivity index (χ0) is 38.6. The average molecular weight is 781 g/mol. The number of carbonyl (C=O) groups is 3. The normalized spacial score (nSPS) is 21.7. The highest BCUT2D eigenvalue weighted by Gasteiger charge is 2.39. The number of rotatable bonds is 10. The van der Waals surface area contributed by atoms with Gasteiger partial charge < -0.3 is 15.0 Å². The Kier molecular flexibility index (Phi) is 9.58. The summed E-state index contributed by atoms with van der Waals surface area (Å²) < 4.78 is 37.0. The van der Waals surface area contributed by atoms with Crippen LogP contribution in [0.2, 0.25) is 0 Å². The fraction of sp³-hybridized carbons (Fsp3) is 0.450. The van der Waals surface area contributed by atoms with E-state index in [0.29, 0.717) is 81.4 Å². The van der Waals surface area contributed by atoms with Gasteiger partial charge in [-0.3, -0.25) is 34.0 Å². The predicted molar refractivity (Wildman–Crippen MR) is 205 cm³/mol. The summed E-state index contributed by atoms with van der Waals surface area (Å²) in [6, 6.07) is 15.3. The highest BCUT2D eigenvalue weighted by atomic mass is 32.2. The van der Waals surface area contributed by atoms with E-state index in [4.69, 9.17) is 9.72 Å². The van der Waals surface area contributed by atoms with Gasteiger partial charge >= 0.3 is 0 Å². The van der Waals surface area contributed by atoms with E-state index in [9.17, 15) is 27.6 Å². The lowest BCUT2D eigenvalue weighted by atomic mass is 10.0. The summed E-state index contributed by atoms with van der Waals surface area (Å²) in [6.07, 6.45) is 7.48. The van der Waals surface area contributed by atoms with Crippen molar-refractivity contribution >= 4 is 44.7 Å². The van der Waals surface area contributed by atoms with Gasteiger partial charge in [-0.05, 0) is 67.5 Å². The lowest BCUT2D eigenvalue weighted by Gasteiger charge is -2.39. The van der Waals surface area contributed by atoms with Crippen LogP contribution in [0.1, 0.15) is 78.9 Å². The number of pyridine rings is 1. The van der Waals surface area contributed by atoms with Crippen LogP contribution in [-0.2, 0) is 32.7 Å². The molecule has 4 aliphatic heterocycles. The molecule has 1 saturated carbocycles. The number of aromatic nitrogens is 3. The van der Waals surface area contributed by atoms with Gasteiger partial charge in [-0.25, -0.2) is 13.4 Å². The number of carbonyl (C=O) groups excluding carboxylic acids is 3. The number of amides is 3. The van der Waals surface area contributed by atoms with Crippen LogP contribution < -0.4 is 20.9 Å². The maximum atomic E-state index is 13.7. The molecule has 1 unspecified atom stereocenters. The molecule has 2 aromatic carbocycles. The van der Waals surface area contributed by atoms with E-state index in [-0.39, 0.29) is 46.9 Å². The molecular formula is C40H44N8O7S. The van der Waals surface area contributed by atoms with Crippen LogP contribution >= 0.6 is 0 Å². The summed E-state index contributed by atoms with van der Waals surface area (Å²) in [4.78, 5) is 63.1. The zero-order valence-electron chi connectivity index (χ0n) is 30.9. The van der Waals surface area contributed by atoms with E-state index in [2.05, 4.69) is 20.5 Å². The third-order valence-corrected chi connectivity index (χ3v) is 13.7. The van der Waals surface area contributed by atoms with Crippen LogP contribution in [0, 0.1) is 0 Å². The second-order valence-corrected chi connectivity index (χ2v) is 17.5. The van der Waals surface area contributed by atoms with Gasteiger partial charge in [0, 0.05) is 87.1 Å². The molecule has 16 heteroatoms. The van der Waals surface area contributed by atoms with Gasteiger partial charge in [0.25, 0.3) is 11.5 Å². The predicted octanol–water partition coefficient (Wildman–Crippen LogP) is 3.20. The maximum Gasteiger partial charge on any atom is 0.255 e. The molecule has 4 aromatic rings. The van der Waals surface area contributed by atoms with Gasteiger partial charge in [-0.15, -0.1) is 0 Å². The molecule has 0 bridgehead atoms. The molecule has 2 aromatic heterocycles. The molecule has 2 N–H and O–H groups in total. The number of imide groups is 1. The first-order valence-corrected chi connectivity index (χ1v) is 20.9. The van der Waals surface area contributed by atoms with Crippen LogP contribution in [0.25, 0.3) is 11.0 Å². The number of fused-ring (bicyclic) bond motifs is 2. The molecule has 1 atom stereocenters. The van der Waals surface area contributed by atoms with Crippen molar-refractivity contribution in [3.05, 3.63) is 87.8 Å². The summed E-state index contributed by atoms with van der Waals surface area (Å²) in [7, 11) is -3.75. The molecule has 9 rings (SSSR count). The first-order chi connectivity index (χ1) is 27.1. The minimum atomic E-state index is -3.75. The van der Waals surface area contributed by atoms with Crippen molar-refractivity contribution in [3.8, 4) is 5.75 Å². The van der Waals surface area contributed by atoms with Crippen LogP contribution in [0.5, 0.6) is 5.75 Å². The second kappa shape index (κ2) is 14.7. The van der Waals surface area contributed by atoms with E-state index in [1.54, 1.807) is 47.5 Å². The summed E-state index contributed by atoms with van der Waals surface area (Å²) in [5, 5.41) is 6.55. The number of likely N-dealkylation sites (tertiary alicyclic amines) is 1. The molecular weight excluding hydrogens is 737 g/mol. The Morgan fingerprint density at radius 2 is 1.71 bits per heavy atom. The van der Waals surface area contributed by atoms with Crippen molar-refractivity contribution in [2.24, 2.45) is 0 Å². The Bertz CT molecular complexity index is 2380. The Morgan fingerprint density at radius 3 is 2.50 bits per heavy atom. The highest BCUT2D eigenvalue weighted by molar-refractivity contribution is 7.89. The molecule has 6 heterocycles. The molecule has 56 heavy (non-hydrogen) atoms. The average Bonchev–Trinajstić information content (AvgIpc) is 3.82. The van der Waals surface area contributed by atoms with Gasteiger partial charge in [0.15, 0.2) is 0 Å². The van der Waals surface area contributed by atoms with Crippen LogP contribution in [0.4, 0.5) is 5.95 Å². The monoisotopic (exact) mass is 780 g/mol. The minimum Gasteiger partial charge on any atom is -0.488 e. The SMILES string of the molecule is O=C1CCC(N2Cc3cc(CN4CC(Oc5cccc(S(=O)(=O)N6CCC(Nc7ncc8ccc(=O)n(C9CCCC9)c8n7)CC6)c5)C4)ccc3C2=O)C(=O)N1. The first-order valence-electron chi connectivity index (χ1n) is 19.5. The smallest absolute Gasteiger partial charge is 0.255 e. The zero-order valence-corrected chi connectivity index (χ0v) is 31.7. The quantitative estimate of drug-likeness (QED) is 0.226. The Labute approximate surface area is 324 Å². The Morgan fingerprint density at radius 1 is 0.911 bits per heavy atom. The van der Waals surface area contributed by atoms with Crippen LogP contribution in [0.15, 0.2) is 70.5 Å². The lowest BCUT2D eigenvalue weighted by Crippen LogP contribution is -2.53. The number of anilines is 1. The van der Waals surface area contributed by atoms with Crippen molar-refractivity contribution in [2.75, 3.05) is 31.5 Å². The fourth-order valence-corrected chi connectivity index (χ4v) is 10.3.